The standard InChI is InChI=1S/C29H29FN4O2/c1-18-11-20(3)32-24(12-18)17-34-9-10-36-28-26(25-6-5-23(30)13-19(25)2)14-22(15-27(28)29(34)35)16-33-8-7-31-21(33)4/h5-8,11-15H,9-10,16-17H2,1-4H3. The molecular weight excluding hydrogens is 455 g/mol. The summed E-state index contributed by atoms with van der Waals surface area (Å²) in [6, 6.07) is 12.7. The van der Waals surface area contributed by atoms with Gasteiger partial charge in [0.2, 0.25) is 0 Å². The van der Waals surface area contributed by atoms with Gasteiger partial charge in [-0.05, 0) is 86.3 Å². The summed E-state index contributed by atoms with van der Waals surface area (Å²) in [5.41, 5.74) is 6.75. The molecule has 0 saturated heterocycles. The molecule has 1 aliphatic heterocycles. The average Bonchev–Trinajstić information content (AvgIpc) is 3.14. The van der Waals surface area contributed by atoms with Crippen molar-refractivity contribution in [2.45, 2.75) is 40.8 Å². The topological polar surface area (TPSA) is 60.3 Å². The maximum absolute atomic E-state index is 13.9. The van der Waals surface area contributed by atoms with Gasteiger partial charge in [-0.15, -0.1) is 0 Å². The molecule has 36 heavy (non-hydrogen) atoms. The Kier molecular flexibility index (Phi) is 6.31. The molecule has 0 spiro atoms. The summed E-state index contributed by atoms with van der Waals surface area (Å²) >= 11 is 0. The van der Waals surface area contributed by atoms with Gasteiger partial charge in [-0.25, -0.2) is 9.37 Å². The molecule has 0 N–H and O–H groups in total. The lowest BCUT2D eigenvalue weighted by molar-refractivity contribution is 0.0740. The molecule has 4 aromatic rings. The summed E-state index contributed by atoms with van der Waals surface area (Å²) in [5.74, 6) is 1.02. The fourth-order valence-electron chi connectivity index (χ4n) is 4.87. The molecule has 1 amide bonds. The lowest BCUT2D eigenvalue weighted by atomic mass is 9.94. The average molecular weight is 485 g/mol. The normalized spacial score (nSPS) is 13.4. The van der Waals surface area contributed by atoms with Gasteiger partial charge >= 0.3 is 0 Å². The smallest absolute Gasteiger partial charge is 0.258 e. The van der Waals surface area contributed by atoms with E-state index in [4.69, 9.17) is 4.74 Å². The Bertz CT molecular complexity index is 1440. The van der Waals surface area contributed by atoms with Crippen molar-refractivity contribution in [3.63, 3.8) is 0 Å². The van der Waals surface area contributed by atoms with Crippen molar-refractivity contribution in [3.05, 3.63) is 100 Å². The van der Waals surface area contributed by atoms with Crippen LogP contribution < -0.4 is 4.74 Å². The van der Waals surface area contributed by atoms with Crippen molar-refractivity contribution < 1.29 is 13.9 Å². The second kappa shape index (κ2) is 9.57. The third-order valence-electron chi connectivity index (χ3n) is 6.53. The number of benzene rings is 2. The number of fused-ring (bicyclic) bond motifs is 1. The summed E-state index contributed by atoms with van der Waals surface area (Å²) in [7, 11) is 0. The third-order valence-corrected chi connectivity index (χ3v) is 6.53. The van der Waals surface area contributed by atoms with E-state index in [-0.39, 0.29) is 11.7 Å². The summed E-state index contributed by atoms with van der Waals surface area (Å²) in [4.78, 5) is 24.6. The molecule has 0 atom stereocenters. The van der Waals surface area contributed by atoms with E-state index in [1.807, 2.05) is 62.7 Å². The highest BCUT2D eigenvalue weighted by atomic mass is 19.1. The molecular formula is C29H29FN4O2. The number of aromatic nitrogens is 3. The second-order valence-corrected chi connectivity index (χ2v) is 9.43. The first kappa shape index (κ1) is 23.7. The van der Waals surface area contributed by atoms with E-state index in [0.717, 1.165) is 45.0 Å². The Hall–Kier alpha value is -4.00. The van der Waals surface area contributed by atoms with Crippen molar-refractivity contribution in [3.8, 4) is 16.9 Å². The third kappa shape index (κ3) is 4.73. The number of rotatable bonds is 5. The Morgan fingerprint density at radius 1 is 0.972 bits per heavy atom. The van der Waals surface area contributed by atoms with E-state index in [0.29, 0.717) is 37.6 Å². The Balaban J connectivity index is 1.61. The van der Waals surface area contributed by atoms with Gasteiger partial charge < -0.3 is 14.2 Å². The highest BCUT2D eigenvalue weighted by molar-refractivity contribution is 6.00. The van der Waals surface area contributed by atoms with E-state index >= 15 is 0 Å². The molecule has 5 rings (SSSR count). The highest BCUT2D eigenvalue weighted by Crippen LogP contribution is 2.38. The van der Waals surface area contributed by atoms with Gasteiger partial charge in [-0.1, -0.05) is 6.07 Å². The predicted molar refractivity (Wildman–Crippen MR) is 137 cm³/mol. The van der Waals surface area contributed by atoms with Crippen LogP contribution in [0.3, 0.4) is 0 Å². The lowest BCUT2D eigenvalue weighted by Crippen LogP contribution is -2.32. The van der Waals surface area contributed by atoms with E-state index in [1.54, 1.807) is 17.2 Å². The van der Waals surface area contributed by atoms with Crippen molar-refractivity contribution in [2.24, 2.45) is 0 Å². The molecule has 0 radical (unpaired) electrons. The van der Waals surface area contributed by atoms with Crippen LogP contribution in [0.15, 0.2) is 54.9 Å². The largest absolute Gasteiger partial charge is 0.490 e. The van der Waals surface area contributed by atoms with Gasteiger partial charge in [0, 0.05) is 30.2 Å². The van der Waals surface area contributed by atoms with Gasteiger partial charge in [-0.3, -0.25) is 9.78 Å². The minimum atomic E-state index is -0.295. The van der Waals surface area contributed by atoms with Crippen LogP contribution in [0.25, 0.3) is 11.1 Å². The summed E-state index contributed by atoms with van der Waals surface area (Å²) in [5, 5.41) is 0. The first-order valence-corrected chi connectivity index (χ1v) is 12.1. The fourth-order valence-corrected chi connectivity index (χ4v) is 4.87. The molecule has 0 aliphatic carbocycles. The summed E-state index contributed by atoms with van der Waals surface area (Å²) in [6.07, 6.45) is 3.68. The van der Waals surface area contributed by atoms with E-state index in [9.17, 15) is 9.18 Å². The monoisotopic (exact) mass is 484 g/mol. The first-order chi connectivity index (χ1) is 17.3. The van der Waals surface area contributed by atoms with Gasteiger partial charge in [0.1, 0.15) is 24.0 Å². The number of halogens is 1. The Morgan fingerprint density at radius 3 is 2.50 bits per heavy atom. The zero-order valence-electron chi connectivity index (χ0n) is 21.0. The molecule has 0 fully saturated rings. The van der Waals surface area contributed by atoms with E-state index < -0.39 is 0 Å². The summed E-state index contributed by atoms with van der Waals surface area (Å²) in [6.45, 7) is 9.56. The van der Waals surface area contributed by atoms with E-state index in [1.165, 1.54) is 12.1 Å². The van der Waals surface area contributed by atoms with E-state index in [2.05, 4.69) is 9.97 Å². The quantitative estimate of drug-likeness (QED) is 0.381. The SMILES string of the molecule is Cc1cc(C)nc(CN2CCOc3c(cc(Cn4ccnc4C)cc3-c3ccc(F)cc3C)C2=O)c1. The van der Waals surface area contributed by atoms with Gasteiger partial charge in [0.05, 0.1) is 24.3 Å². The van der Waals surface area contributed by atoms with Crippen molar-refractivity contribution in [2.75, 3.05) is 13.2 Å². The number of carbonyl (C=O) groups excluding carboxylic acids is 1. The first-order valence-electron chi connectivity index (χ1n) is 12.1. The maximum Gasteiger partial charge on any atom is 0.258 e. The molecule has 0 bridgehead atoms. The van der Waals surface area contributed by atoms with Crippen LogP contribution >= 0.6 is 0 Å². The minimum Gasteiger partial charge on any atom is -0.490 e. The van der Waals surface area contributed by atoms with Crippen LogP contribution in [0.5, 0.6) is 5.75 Å². The number of aryl methyl sites for hydroxylation is 4. The molecule has 184 valence electrons. The zero-order valence-corrected chi connectivity index (χ0v) is 21.0. The number of pyridine rings is 1. The highest BCUT2D eigenvalue weighted by Gasteiger charge is 2.28. The molecule has 2 aromatic heterocycles. The van der Waals surface area contributed by atoms with Crippen LogP contribution in [0.2, 0.25) is 0 Å². The molecule has 0 unspecified atom stereocenters. The lowest BCUT2D eigenvalue weighted by Gasteiger charge is -2.21. The molecule has 7 heteroatoms. The number of hydrogen-bond donors (Lipinski definition) is 0. The number of nitrogens with zero attached hydrogens (tertiary/aromatic N) is 4. The Labute approximate surface area is 210 Å². The zero-order chi connectivity index (χ0) is 25.4. The van der Waals surface area contributed by atoms with Gasteiger partial charge in [-0.2, -0.15) is 0 Å². The van der Waals surface area contributed by atoms with Crippen LogP contribution in [-0.2, 0) is 13.1 Å². The van der Waals surface area contributed by atoms with Crippen LogP contribution in [0.4, 0.5) is 4.39 Å². The van der Waals surface area contributed by atoms with Crippen molar-refractivity contribution in [1.82, 2.24) is 19.4 Å². The number of carbonyl (C=O) groups is 1. The molecule has 6 nitrogen and oxygen atoms in total. The molecule has 3 heterocycles. The maximum atomic E-state index is 13.9. The fraction of sp³-hybridized carbons (Fsp3) is 0.276. The number of ether oxygens (including phenoxy) is 1. The molecule has 0 saturated carbocycles. The number of amides is 1. The predicted octanol–water partition coefficient (Wildman–Crippen LogP) is 5.40. The van der Waals surface area contributed by atoms with Crippen molar-refractivity contribution in [1.29, 1.82) is 0 Å². The summed E-state index contributed by atoms with van der Waals surface area (Å²) < 4.78 is 22.2. The van der Waals surface area contributed by atoms with Crippen molar-refractivity contribution >= 4 is 5.91 Å². The van der Waals surface area contributed by atoms with Crippen LogP contribution in [0.1, 0.15) is 44.3 Å². The second-order valence-electron chi connectivity index (χ2n) is 9.43. The minimum absolute atomic E-state index is 0.103. The Morgan fingerprint density at radius 2 is 1.78 bits per heavy atom. The van der Waals surface area contributed by atoms with Crippen LogP contribution in [0, 0.1) is 33.5 Å². The number of hydrogen-bond acceptors (Lipinski definition) is 4. The molecule has 2 aromatic carbocycles. The van der Waals surface area contributed by atoms with Crippen LogP contribution in [-0.4, -0.2) is 38.5 Å². The number of imidazole rings is 1. The van der Waals surface area contributed by atoms with Gasteiger partial charge in [0.25, 0.3) is 5.91 Å². The molecule has 1 aliphatic rings. The van der Waals surface area contributed by atoms with Gasteiger partial charge in [0.15, 0.2) is 0 Å².